The summed E-state index contributed by atoms with van der Waals surface area (Å²) in [6.07, 6.45) is 1.43. The van der Waals surface area contributed by atoms with Crippen molar-refractivity contribution in [2.45, 2.75) is 32.7 Å². The van der Waals surface area contributed by atoms with Crippen LogP contribution in [0.3, 0.4) is 0 Å². The van der Waals surface area contributed by atoms with Crippen molar-refractivity contribution in [1.29, 1.82) is 0 Å². The third-order valence-electron chi connectivity index (χ3n) is 5.76. The SMILES string of the molecule is Cc1nc(C(=O)N2CCC(=O)N(C)CC2)nc(N2CC[C@@H](N(C)C)C2)c1C. The highest BCUT2D eigenvalue weighted by Crippen LogP contribution is 2.25. The standard InChI is InChI=1S/C19H30N6O2/c1-13-14(2)20-17(19(27)24-9-7-16(26)23(5)10-11-24)21-18(13)25-8-6-15(12-25)22(3)4/h15H,6-12H2,1-5H3/t15-/m1/s1. The van der Waals surface area contributed by atoms with Crippen molar-refractivity contribution in [3.63, 3.8) is 0 Å². The van der Waals surface area contributed by atoms with Gasteiger partial charge in [-0.05, 0) is 34.4 Å². The van der Waals surface area contributed by atoms with Gasteiger partial charge in [-0.15, -0.1) is 0 Å². The monoisotopic (exact) mass is 374 g/mol. The molecule has 3 rings (SSSR count). The zero-order valence-corrected chi connectivity index (χ0v) is 17.0. The number of aryl methyl sites for hydroxylation is 1. The second-order valence-electron chi connectivity index (χ2n) is 7.79. The lowest BCUT2D eigenvalue weighted by Crippen LogP contribution is -2.36. The molecule has 1 atom stereocenters. The van der Waals surface area contributed by atoms with Gasteiger partial charge in [0.05, 0.1) is 0 Å². The number of carbonyl (C=O) groups is 2. The average Bonchev–Trinajstić information content (AvgIpc) is 3.06. The maximum Gasteiger partial charge on any atom is 0.291 e. The highest BCUT2D eigenvalue weighted by atomic mass is 16.2. The topological polar surface area (TPSA) is 72.9 Å². The van der Waals surface area contributed by atoms with Gasteiger partial charge in [-0.25, -0.2) is 9.97 Å². The normalized spacial score (nSPS) is 21.2. The van der Waals surface area contributed by atoms with Crippen LogP contribution >= 0.6 is 0 Å². The summed E-state index contributed by atoms with van der Waals surface area (Å²) in [5.41, 5.74) is 1.86. The van der Waals surface area contributed by atoms with Gasteiger partial charge in [0, 0.05) is 63.5 Å². The molecule has 2 aliphatic heterocycles. The molecule has 2 saturated heterocycles. The van der Waals surface area contributed by atoms with E-state index in [4.69, 9.17) is 0 Å². The van der Waals surface area contributed by atoms with E-state index in [2.05, 4.69) is 33.9 Å². The van der Waals surface area contributed by atoms with Gasteiger partial charge in [0.1, 0.15) is 5.82 Å². The predicted octanol–water partition coefficient (Wildman–Crippen LogP) is 0.538. The minimum atomic E-state index is -0.189. The minimum Gasteiger partial charge on any atom is -0.355 e. The lowest BCUT2D eigenvalue weighted by Gasteiger charge is -2.24. The third-order valence-corrected chi connectivity index (χ3v) is 5.76. The molecule has 0 aromatic carbocycles. The Kier molecular flexibility index (Phi) is 5.64. The van der Waals surface area contributed by atoms with Crippen molar-refractivity contribution in [3.8, 4) is 0 Å². The molecular formula is C19H30N6O2. The number of nitrogens with zero attached hydrogens (tertiary/aromatic N) is 6. The van der Waals surface area contributed by atoms with Crippen molar-refractivity contribution in [1.82, 2.24) is 24.7 Å². The van der Waals surface area contributed by atoms with Crippen LogP contribution in [-0.4, -0.2) is 96.4 Å². The quantitative estimate of drug-likeness (QED) is 0.769. The lowest BCUT2D eigenvalue weighted by atomic mass is 10.2. The first-order valence-electron chi connectivity index (χ1n) is 9.57. The Morgan fingerprint density at radius 2 is 1.85 bits per heavy atom. The van der Waals surface area contributed by atoms with Crippen LogP contribution in [0, 0.1) is 13.8 Å². The van der Waals surface area contributed by atoms with Gasteiger partial charge in [-0.3, -0.25) is 9.59 Å². The van der Waals surface area contributed by atoms with Crippen molar-refractivity contribution in [2.75, 3.05) is 58.8 Å². The molecule has 0 unspecified atom stereocenters. The number of aromatic nitrogens is 2. The lowest BCUT2D eigenvalue weighted by molar-refractivity contribution is -0.129. The van der Waals surface area contributed by atoms with Crippen molar-refractivity contribution in [2.24, 2.45) is 0 Å². The maximum absolute atomic E-state index is 13.0. The number of amides is 2. The van der Waals surface area contributed by atoms with E-state index in [1.165, 1.54) is 0 Å². The smallest absolute Gasteiger partial charge is 0.291 e. The molecule has 8 nitrogen and oxygen atoms in total. The summed E-state index contributed by atoms with van der Waals surface area (Å²) in [6.45, 7) is 7.24. The van der Waals surface area contributed by atoms with Gasteiger partial charge in [-0.2, -0.15) is 0 Å². The van der Waals surface area contributed by atoms with Crippen LogP contribution < -0.4 is 4.90 Å². The third kappa shape index (κ3) is 4.05. The van der Waals surface area contributed by atoms with Crippen molar-refractivity contribution in [3.05, 3.63) is 17.1 Å². The number of hydrogen-bond donors (Lipinski definition) is 0. The van der Waals surface area contributed by atoms with Gasteiger partial charge in [0.2, 0.25) is 11.7 Å². The highest BCUT2D eigenvalue weighted by molar-refractivity contribution is 5.91. The van der Waals surface area contributed by atoms with Crippen LogP contribution in [0.5, 0.6) is 0 Å². The number of rotatable bonds is 3. The molecule has 27 heavy (non-hydrogen) atoms. The number of likely N-dealkylation sites (N-methyl/N-ethyl adjacent to an activating group) is 2. The fourth-order valence-electron chi connectivity index (χ4n) is 3.65. The molecule has 1 aromatic rings. The van der Waals surface area contributed by atoms with Gasteiger partial charge in [-0.1, -0.05) is 0 Å². The largest absolute Gasteiger partial charge is 0.355 e. The van der Waals surface area contributed by atoms with Crippen molar-refractivity contribution < 1.29 is 9.59 Å². The molecule has 0 bridgehead atoms. The van der Waals surface area contributed by atoms with E-state index in [1.807, 2.05) is 13.8 Å². The van der Waals surface area contributed by atoms with Gasteiger partial charge < -0.3 is 19.6 Å². The second-order valence-corrected chi connectivity index (χ2v) is 7.79. The summed E-state index contributed by atoms with van der Waals surface area (Å²) in [5, 5.41) is 0. The molecule has 0 aliphatic carbocycles. The molecule has 2 fully saturated rings. The molecular weight excluding hydrogens is 344 g/mol. The van der Waals surface area contributed by atoms with Crippen LogP contribution in [0.1, 0.15) is 34.7 Å². The molecule has 8 heteroatoms. The Hall–Kier alpha value is -2.22. The summed E-state index contributed by atoms with van der Waals surface area (Å²) in [4.78, 5) is 41.9. The fourth-order valence-corrected chi connectivity index (χ4v) is 3.65. The predicted molar refractivity (Wildman–Crippen MR) is 104 cm³/mol. The van der Waals surface area contributed by atoms with E-state index in [1.54, 1.807) is 16.8 Å². The summed E-state index contributed by atoms with van der Waals surface area (Å²) >= 11 is 0. The Balaban J connectivity index is 1.83. The van der Waals surface area contributed by atoms with Crippen LogP contribution in [0.25, 0.3) is 0 Å². The number of carbonyl (C=O) groups excluding carboxylic acids is 2. The Morgan fingerprint density at radius 1 is 1.11 bits per heavy atom. The van der Waals surface area contributed by atoms with E-state index < -0.39 is 0 Å². The Labute approximate surface area is 161 Å². The summed E-state index contributed by atoms with van der Waals surface area (Å²) in [7, 11) is 5.97. The first kappa shape index (κ1) is 19.5. The molecule has 148 valence electrons. The first-order chi connectivity index (χ1) is 12.8. The molecule has 0 saturated carbocycles. The van der Waals surface area contributed by atoms with Crippen LogP contribution in [0.15, 0.2) is 0 Å². The molecule has 0 radical (unpaired) electrons. The Morgan fingerprint density at radius 3 is 2.52 bits per heavy atom. The molecule has 0 spiro atoms. The zero-order valence-electron chi connectivity index (χ0n) is 17.0. The number of anilines is 1. The maximum atomic E-state index is 13.0. The van der Waals surface area contributed by atoms with Gasteiger partial charge in [0.15, 0.2) is 0 Å². The van der Waals surface area contributed by atoms with Crippen LogP contribution in [-0.2, 0) is 4.79 Å². The first-order valence-corrected chi connectivity index (χ1v) is 9.57. The Bertz CT molecular complexity index is 735. The van der Waals surface area contributed by atoms with Crippen LogP contribution in [0.2, 0.25) is 0 Å². The average molecular weight is 374 g/mol. The number of hydrogen-bond acceptors (Lipinski definition) is 6. The van der Waals surface area contributed by atoms with E-state index in [0.29, 0.717) is 32.1 Å². The highest BCUT2D eigenvalue weighted by Gasteiger charge is 2.29. The summed E-state index contributed by atoms with van der Waals surface area (Å²) in [6, 6.07) is 0.492. The van der Waals surface area contributed by atoms with Crippen molar-refractivity contribution >= 4 is 17.6 Å². The van der Waals surface area contributed by atoms with E-state index in [0.717, 1.165) is 36.6 Å². The second kappa shape index (κ2) is 7.80. The summed E-state index contributed by atoms with van der Waals surface area (Å²) in [5.74, 6) is 0.973. The van der Waals surface area contributed by atoms with E-state index in [9.17, 15) is 9.59 Å². The van der Waals surface area contributed by atoms with E-state index in [-0.39, 0.29) is 17.6 Å². The molecule has 1 aromatic heterocycles. The molecule has 0 N–H and O–H groups in total. The van der Waals surface area contributed by atoms with Crippen LogP contribution in [0.4, 0.5) is 5.82 Å². The zero-order chi connectivity index (χ0) is 19.7. The summed E-state index contributed by atoms with van der Waals surface area (Å²) < 4.78 is 0. The molecule has 3 heterocycles. The van der Waals surface area contributed by atoms with Gasteiger partial charge in [0.25, 0.3) is 5.91 Å². The van der Waals surface area contributed by atoms with E-state index >= 15 is 0 Å². The minimum absolute atomic E-state index is 0.0683. The fraction of sp³-hybridized carbons (Fsp3) is 0.684. The molecule has 2 amide bonds. The van der Waals surface area contributed by atoms with Gasteiger partial charge >= 0.3 is 0 Å². The molecule has 2 aliphatic rings.